The molecule has 0 aliphatic carbocycles. The normalized spacial score (nSPS) is 19.2. The molecule has 26 heavy (non-hydrogen) atoms. The maximum absolute atomic E-state index is 13.2. The molecule has 1 fully saturated rings. The van der Waals surface area contributed by atoms with E-state index >= 15 is 0 Å². The second-order valence-electron chi connectivity index (χ2n) is 5.78. The predicted octanol–water partition coefficient (Wildman–Crippen LogP) is 2.29. The molecule has 1 unspecified atom stereocenters. The molecule has 1 N–H and O–H groups in total. The van der Waals surface area contributed by atoms with Gasteiger partial charge >= 0.3 is 0 Å². The number of ketones is 1. The van der Waals surface area contributed by atoms with Crippen LogP contribution < -0.4 is 0 Å². The van der Waals surface area contributed by atoms with Crippen LogP contribution in [-0.4, -0.2) is 46.9 Å². The summed E-state index contributed by atoms with van der Waals surface area (Å²) >= 11 is 0. The van der Waals surface area contributed by atoms with Crippen LogP contribution >= 0.6 is 0 Å². The number of halogens is 1. The summed E-state index contributed by atoms with van der Waals surface area (Å²) in [7, 11) is 1.49. The van der Waals surface area contributed by atoms with Crippen molar-refractivity contribution in [3.05, 3.63) is 71.3 Å². The molecule has 0 saturated carbocycles. The van der Waals surface area contributed by atoms with E-state index in [1.165, 1.54) is 42.5 Å². The van der Waals surface area contributed by atoms with E-state index in [9.17, 15) is 19.1 Å². The number of aliphatic hydroxyl groups excluding tert-OH is 1. The molecule has 1 atom stereocenters. The van der Waals surface area contributed by atoms with Gasteiger partial charge in [-0.15, -0.1) is 0 Å². The minimum Gasteiger partial charge on any atom is -0.507 e. The first-order valence-electron chi connectivity index (χ1n) is 7.97. The number of aromatic nitrogens is 1. The minimum atomic E-state index is -0.795. The zero-order chi connectivity index (χ0) is 18.7. The number of Topliss-reactive ketones (excluding diaryl/α,β-unsaturated/α-hetero) is 1. The smallest absolute Gasteiger partial charge is 0.295 e. The number of likely N-dealkylation sites (tertiary alicyclic amines) is 1. The highest BCUT2D eigenvalue weighted by Gasteiger charge is 2.45. The lowest BCUT2D eigenvalue weighted by molar-refractivity contribution is -0.140. The summed E-state index contributed by atoms with van der Waals surface area (Å²) in [6.07, 6.45) is 3.11. The van der Waals surface area contributed by atoms with Crippen molar-refractivity contribution >= 4 is 17.4 Å². The topological polar surface area (TPSA) is 79.7 Å². The number of carbonyl (C=O) groups is 2. The van der Waals surface area contributed by atoms with Gasteiger partial charge in [-0.05, 0) is 35.9 Å². The molecule has 134 valence electrons. The van der Waals surface area contributed by atoms with Crippen molar-refractivity contribution in [2.45, 2.75) is 6.04 Å². The van der Waals surface area contributed by atoms with Gasteiger partial charge in [0.15, 0.2) is 0 Å². The molecule has 2 aromatic rings. The van der Waals surface area contributed by atoms with Gasteiger partial charge in [-0.2, -0.15) is 0 Å². The second-order valence-corrected chi connectivity index (χ2v) is 5.78. The lowest BCUT2D eigenvalue weighted by Crippen LogP contribution is -2.32. The average molecular weight is 356 g/mol. The lowest BCUT2D eigenvalue weighted by atomic mass is 9.96. The molecule has 6 nitrogen and oxygen atoms in total. The fraction of sp³-hybridized carbons (Fsp3) is 0.211. The molecule has 1 aliphatic rings. The van der Waals surface area contributed by atoms with Gasteiger partial charge in [-0.3, -0.25) is 14.6 Å². The van der Waals surface area contributed by atoms with E-state index < -0.39 is 23.5 Å². The molecule has 0 radical (unpaired) electrons. The van der Waals surface area contributed by atoms with Crippen molar-refractivity contribution < 1.29 is 23.8 Å². The van der Waals surface area contributed by atoms with Crippen molar-refractivity contribution in [3.63, 3.8) is 0 Å². The van der Waals surface area contributed by atoms with Gasteiger partial charge in [0.2, 0.25) is 0 Å². The van der Waals surface area contributed by atoms with Crippen molar-refractivity contribution in [3.8, 4) is 0 Å². The predicted molar refractivity (Wildman–Crippen MR) is 91.5 cm³/mol. The first-order chi connectivity index (χ1) is 12.5. The van der Waals surface area contributed by atoms with E-state index in [1.807, 2.05) is 0 Å². The molecular formula is C19H17FN2O4. The van der Waals surface area contributed by atoms with Gasteiger partial charge in [0.1, 0.15) is 11.6 Å². The molecule has 0 spiro atoms. The Labute approximate surface area is 149 Å². The Balaban J connectivity index is 2.14. The molecule has 2 heterocycles. The van der Waals surface area contributed by atoms with Gasteiger partial charge in [0.05, 0.1) is 18.2 Å². The van der Waals surface area contributed by atoms with Crippen LogP contribution in [0.2, 0.25) is 0 Å². The Kier molecular flexibility index (Phi) is 5.09. The highest BCUT2D eigenvalue weighted by atomic mass is 19.1. The first-order valence-corrected chi connectivity index (χ1v) is 7.97. The molecule has 0 bridgehead atoms. The number of ether oxygens (including phenoxy) is 1. The van der Waals surface area contributed by atoms with E-state index in [-0.39, 0.29) is 30.0 Å². The standard InChI is InChI=1S/C19H17FN2O4/c1-26-10-9-22-16(13-3-2-8-21-11-13)15(18(24)19(22)25)17(23)12-4-6-14(20)7-5-12/h2-8,11,16,23H,9-10H2,1H3/b17-15-. The molecule has 1 aliphatic heterocycles. The summed E-state index contributed by atoms with van der Waals surface area (Å²) in [5, 5.41) is 10.7. The number of pyridine rings is 1. The molecule has 3 rings (SSSR count). The van der Waals surface area contributed by atoms with Crippen LogP contribution in [0.15, 0.2) is 54.4 Å². The Bertz CT molecular complexity index is 850. The van der Waals surface area contributed by atoms with Crippen molar-refractivity contribution in [1.29, 1.82) is 0 Å². The van der Waals surface area contributed by atoms with Crippen LogP contribution in [0.3, 0.4) is 0 Å². The highest BCUT2D eigenvalue weighted by molar-refractivity contribution is 6.46. The Hall–Kier alpha value is -3.06. The van der Waals surface area contributed by atoms with E-state index in [2.05, 4.69) is 4.98 Å². The third kappa shape index (κ3) is 3.21. The minimum absolute atomic E-state index is 0.0503. The summed E-state index contributed by atoms with van der Waals surface area (Å²) in [6.45, 7) is 0.418. The SMILES string of the molecule is COCCN1C(=O)C(=O)/C(=C(\O)c2ccc(F)cc2)C1c1cccnc1. The fourth-order valence-corrected chi connectivity index (χ4v) is 2.95. The zero-order valence-electron chi connectivity index (χ0n) is 14.1. The monoisotopic (exact) mass is 356 g/mol. The van der Waals surface area contributed by atoms with Crippen LogP contribution in [0.4, 0.5) is 4.39 Å². The first kappa shape index (κ1) is 17.8. The lowest BCUT2D eigenvalue weighted by Gasteiger charge is -2.24. The Morgan fingerprint density at radius 2 is 2.00 bits per heavy atom. The van der Waals surface area contributed by atoms with Crippen LogP contribution in [-0.2, 0) is 14.3 Å². The summed E-state index contributed by atoms with van der Waals surface area (Å²) < 4.78 is 18.2. The van der Waals surface area contributed by atoms with E-state index in [0.717, 1.165) is 0 Å². The second kappa shape index (κ2) is 7.45. The molecule has 1 aromatic heterocycles. The number of methoxy groups -OCH3 is 1. The Morgan fingerprint density at radius 1 is 1.27 bits per heavy atom. The maximum Gasteiger partial charge on any atom is 0.295 e. The van der Waals surface area contributed by atoms with Crippen molar-refractivity contribution in [2.75, 3.05) is 20.3 Å². The quantitative estimate of drug-likeness (QED) is 0.505. The number of amides is 1. The van der Waals surface area contributed by atoms with E-state index in [1.54, 1.807) is 18.3 Å². The van der Waals surface area contributed by atoms with Crippen LogP contribution in [0.25, 0.3) is 5.76 Å². The van der Waals surface area contributed by atoms with Crippen LogP contribution in [0, 0.1) is 5.82 Å². The molecule has 1 aromatic carbocycles. The number of carbonyl (C=O) groups excluding carboxylic acids is 2. The number of hydrogen-bond acceptors (Lipinski definition) is 5. The third-order valence-electron chi connectivity index (χ3n) is 4.19. The van der Waals surface area contributed by atoms with Gasteiger partial charge in [0.25, 0.3) is 11.7 Å². The summed E-state index contributed by atoms with van der Waals surface area (Å²) in [5.41, 5.74) is 0.794. The zero-order valence-corrected chi connectivity index (χ0v) is 14.1. The van der Waals surface area contributed by atoms with Crippen molar-refractivity contribution in [1.82, 2.24) is 9.88 Å². The maximum atomic E-state index is 13.2. The van der Waals surface area contributed by atoms with Gasteiger partial charge in [-0.25, -0.2) is 4.39 Å². The van der Waals surface area contributed by atoms with Crippen LogP contribution in [0.5, 0.6) is 0 Å². The summed E-state index contributed by atoms with van der Waals surface area (Å²) in [5.74, 6) is -2.33. The fourth-order valence-electron chi connectivity index (χ4n) is 2.95. The number of benzene rings is 1. The van der Waals surface area contributed by atoms with Crippen LogP contribution in [0.1, 0.15) is 17.2 Å². The van der Waals surface area contributed by atoms with E-state index in [4.69, 9.17) is 4.74 Å². The van der Waals surface area contributed by atoms with Crippen molar-refractivity contribution in [2.24, 2.45) is 0 Å². The van der Waals surface area contributed by atoms with Gasteiger partial charge in [0, 0.05) is 31.6 Å². The Morgan fingerprint density at radius 3 is 2.62 bits per heavy atom. The van der Waals surface area contributed by atoms with Gasteiger partial charge in [-0.1, -0.05) is 6.07 Å². The number of hydrogen-bond donors (Lipinski definition) is 1. The average Bonchev–Trinajstić information content (AvgIpc) is 2.91. The number of rotatable bonds is 5. The molecule has 7 heteroatoms. The summed E-state index contributed by atoms with van der Waals surface area (Å²) in [6, 6.07) is 7.68. The molecule has 1 amide bonds. The molecular weight excluding hydrogens is 339 g/mol. The number of aliphatic hydroxyl groups is 1. The van der Waals surface area contributed by atoms with Gasteiger partial charge < -0.3 is 14.7 Å². The summed E-state index contributed by atoms with van der Waals surface area (Å²) in [4.78, 5) is 30.5. The van der Waals surface area contributed by atoms with E-state index in [0.29, 0.717) is 5.56 Å². The molecule has 1 saturated heterocycles. The highest BCUT2D eigenvalue weighted by Crippen LogP contribution is 2.38. The third-order valence-corrected chi connectivity index (χ3v) is 4.19. The number of nitrogens with zero attached hydrogens (tertiary/aromatic N) is 2. The largest absolute Gasteiger partial charge is 0.507 e.